The van der Waals surface area contributed by atoms with Gasteiger partial charge in [-0.15, -0.1) is 5.10 Å². The number of ether oxygens (including phenoxy) is 2. The zero-order valence-corrected chi connectivity index (χ0v) is 19.8. The Balaban J connectivity index is 1.16. The molecule has 3 heterocycles. The zero-order chi connectivity index (χ0) is 24.2. The number of piperazine rings is 1. The monoisotopic (exact) mass is 475 g/mol. The van der Waals surface area contributed by atoms with Crippen molar-refractivity contribution in [3.05, 3.63) is 77.1 Å². The number of amides is 2. The number of hydrogen-bond acceptors (Lipinski definition) is 6. The Hall–Kier alpha value is -3.72. The molecule has 1 atom stereocenters. The first-order chi connectivity index (χ1) is 17.1. The quantitative estimate of drug-likeness (QED) is 0.544. The van der Waals surface area contributed by atoms with Gasteiger partial charge in [-0.05, 0) is 29.7 Å². The van der Waals surface area contributed by atoms with E-state index in [9.17, 15) is 9.59 Å². The fourth-order valence-electron chi connectivity index (χ4n) is 4.56. The van der Waals surface area contributed by atoms with E-state index in [2.05, 4.69) is 10.3 Å². The molecule has 0 radical (unpaired) electrons. The molecule has 2 aliphatic heterocycles. The lowest BCUT2D eigenvalue weighted by Crippen LogP contribution is -2.50. The summed E-state index contributed by atoms with van der Waals surface area (Å²) in [5.74, 6) is 0.756. The van der Waals surface area contributed by atoms with Gasteiger partial charge in [0.2, 0.25) is 5.91 Å². The van der Waals surface area contributed by atoms with Crippen LogP contribution in [0.1, 0.15) is 39.8 Å². The van der Waals surface area contributed by atoms with Crippen molar-refractivity contribution >= 4 is 11.8 Å². The number of aromatic nitrogens is 3. The van der Waals surface area contributed by atoms with Crippen LogP contribution in [0.3, 0.4) is 0 Å². The maximum absolute atomic E-state index is 13.2. The number of carbonyl (C=O) groups is 2. The van der Waals surface area contributed by atoms with Gasteiger partial charge in [-0.3, -0.25) is 9.59 Å². The normalized spacial score (nSPS) is 17.7. The van der Waals surface area contributed by atoms with Crippen molar-refractivity contribution in [1.29, 1.82) is 0 Å². The van der Waals surface area contributed by atoms with Gasteiger partial charge in [0.25, 0.3) is 5.91 Å². The Morgan fingerprint density at radius 1 is 1.00 bits per heavy atom. The van der Waals surface area contributed by atoms with E-state index in [1.54, 1.807) is 16.7 Å². The van der Waals surface area contributed by atoms with Crippen LogP contribution in [0.4, 0.5) is 0 Å². The van der Waals surface area contributed by atoms with Crippen molar-refractivity contribution in [2.24, 2.45) is 0 Å². The number of fused-ring (bicyclic) bond motifs is 1. The summed E-state index contributed by atoms with van der Waals surface area (Å²) in [5.41, 5.74) is 3.21. The molecule has 0 bridgehead atoms. The molecule has 182 valence electrons. The fraction of sp³-hybridized carbons (Fsp3) is 0.385. The lowest BCUT2D eigenvalue weighted by Gasteiger charge is -2.34. The first-order valence-electron chi connectivity index (χ1n) is 11.9. The Morgan fingerprint density at radius 3 is 2.43 bits per heavy atom. The molecule has 0 spiro atoms. The molecular weight excluding hydrogens is 446 g/mol. The summed E-state index contributed by atoms with van der Waals surface area (Å²) in [6.45, 7) is 2.78. The van der Waals surface area contributed by atoms with Crippen LogP contribution in [-0.4, -0.2) is 69.9 Å². The van der Waals surface area contributed by atoms with Gasteiger partial charge in [0.1, 0.15) is 11.9 Å². The predicted molar refractivity (Wildman–Crippen MR) is 128 cm³/mol. The topological polar surface area (TPSA) is 89.8 Å². The number of hydrogen-bond donors (Lipinski definition) is 0. The lowest BCUT2D eigenvalue weighted by atomic mass is 10.1. The first kappa shape index (κ1) is 23.0. The van der Waals surface area contributed by atoms with E-state index in [-0.39, 0.29) is 24.5 Å². The summed E-state index contributed by atoms with van der Waals surface area (Å²) < 4.78 is 13.0. The minimum absolute atomic E-state index is 0.125. The summed E-state index contributed by atoms with van der Waals surface area (Å²) in [4.78, 5) is 29.4. The number of nitrogens with zero attached hydrogens (tertiary/aromatic N) is 5. The first-order valence-corrected chi connectivity index (χ1v) is 11.9. The molecule has 9 heteroatoms. The molecule has 1 aromatic heterocycles. The highest BCUT2D eigenvalue weighted by Gasteiger charge is 2.32. The van der Waals surface area contributed by atoms with Crippen LogP contribution in [0.25, 0.3) is 0 Å². The molecule has 35 heavy (non-hydrogen) atoms. The zero-order valence-electron chi connectivity index (χ0n) is 19.8. The second kappa shape index (κ2) is 10.3. The molecule has 2 amide bonds. The second-order valence-electron chi connectivity index (χ2n) is 8.80. The molecule has 0 N–H and O–H groups in total. The van der Waals surface area contributed by atoms with Crippen LogP contribution in [0.15, 0.2) is 54.6 Å². The number of rotatable bonds is 6. The average molecular weight is 476 g/mol. The number of aryl methyl sites for hydroxylation is 1. The van der Waals surface area contributed by atoms with Crippen molar-refractivity contribution in [3.8, 4) is 5.75 Å². The van der Waals surface area contributed by atoms with Gasteiger partial charge in [0, 0.05) is 32.6 Å². The van der Waals surface area contributed by atoms with E-state index in [0.29, 0.717) is 50.5 Å². The van der Waals surface area contributed by atoms with Gasteiger partial charge in [-0.25, -0.2) is 4.68 Å². The maximum atomic E-state index is 13.2. The van der Waals surface area contributed by atoms with Gasteiger partial charge in [0.15, 0.2) is 5.69 Å². The molecule has 0 unspecified atom stereocenters. The molecule has 2 aromatic carbocycles. The highest BCUT2D eigenvalue weighted by molar-refractivity contribution is 5.93. The summed E-state index contributed by atoms with van der Waals surface area (Å²) in [6.07, 6.45) is 1.04. The Bertz CT molecular complexity index is 1170. The van der Waals surface area contributed by atoms with Gasteiger partial charge in [-0.1, -0.05) is 47.7 Å². The number of carbonyl (C=O) groups excluding carboxylic acids is 2. The molecule has 9 nitrogen and oxygen atoms in total. The van der Waals surface area contributed by atoms with Gasteiger partial charge >= 0.3 is 0 Å². The van der Waals surface area contributed by atoms with Crippen molar-refractivity contribution in [2.45, 2.75) is 32.1 Å². The van der Waals surface area contributed by atoms with Crippen LogP contribution in [-0.2, 0) is 29.1 Å². The summed E-state index contributed by atoms with van der Waals surface area (Å²) >= 11 is 0. The summed E-state index contributed by atoms with van der Waals surface area (Å²) in [7, 11) is 1.64. The molecule has 0 saturated carbocycles. The van der Waals surface area contributed by atoms with E-state index >= 15 is 0 Å². The number of benzene rings is 2. The summed E-state index contributed by atoms with van der Waals surface area (Å²) in [6, 6.07) is 17.7. The van der Waals surface area contributed by atoms with Crippen LogP contribution >= 0.6 is 0 Å². The predicted octanol–water partition coefficient (Wildman–Crippen LogP) is 2.48. The van der Waals surface area contributed by atoms with Crippen LogP contribution < -0.4 is 4.74 Å². The maximum Gasteiger partial charge on any atom is 0.276 e. The summed E-state index contributed by atoms with van der Waals surface area (Å²) in [5, 5.41) is 8.42. The van der Waals surface area contributed by atoms with E-state index in [4.69, 9.17) is 9.47 Å². The molecule has 1 saturated heterocycles. The van der Waals surface area contributed by atoms with Crippen LogP contribution in [0.2, 0.25) is 0 Å². The van der Waals surface area contributed by atoms with Crippen LogP contribution in [0, 0.1) is 0 Å². The third-order valence-corrected chi connectivity index (χ3v) is 6.68. The van der Waals surface area contributed by atoms with Crippen molar-refractivity contribution in [2.75, 3.05) is 33.3 Å². The SMILES string of the molecule is COc1ccc([C@@H]2Cn3nnc(C(=O)N4CCN(C(=O)CCc5ccccc5)CC4)c3CO2)cc1. The Labute approximate surface area is 204 Å². The van der Waals surface area contributed by atoms with E-state index in [0.717, 1.165) is 23.3 Å². The molecule has 1 fully saturated rings. The van der Waals surface area contributed by atoms with E-state index in [1.165, 1.54) is 0 Å². The molecule has 5 rings (SSSR count). The van der Waals surface area contributed by atoms with E-state index < -0.39 is 0 Å². The van der Waals surface area contributed by atoms with Crippen molar-refractivity contribution in [1.82, 2.24) is 24.8 Å². The Morgan fingerprint density at radius 2 is 1.71 bits per heavy atom. The minimum Gasteiger partial charge on any atom is -0.497 e. The molecular formula is C26H29N5O4. The molecule has 2 aliphatic rings. The molecule has 3 aromatic rings. The van der Waals surface area contributed by atoms with Crippen molar-refractivity contribution < 1.29 is 19.1 Å². The third-order valence-electron chi connectivity index (χ3n) is 6.68. The van der Waals surface area contributed by atoms with Crippen molar-refractivity contribution in [3.63, 3.8) is 0 Å². The average Bonchev–Trinajstić information content (AvgIpc) is 3.35. The molecule has 0 aliphatic carbocycles. The highest BCUT2D eigenvalue weighted by Crippen LogP contribution is 2.28. The van der Waals surface area contributed by atoms with E-state index in [1.807, 2.05) is 59.5 Å². The standard InChI is InChI=1S/C26H29N5O4/c1-34-21-10-8-20(9-11-21)23-17-31-22(18-35-23)25(27-28-31)26(33)30-15-13-29(14-16-30)24(32)12-7-19-5-3-2-4-6-19/h2-6,8-11,23H,7,12-18H2,1H3/t23-/m0/s1. The minimum atomic E-state index is -0.163. The lowest BCUT2D eigenvalue weighted by molar-refractivity contribution is -0.132. The smallest absolute Gasteiger partial charge is 0.276 e. The third kappa shape index (κ3) is 5.05. The van der Waals surface area contributed by atoms with Crippen LogP contribution in [0.5, 0.6) is 5.75 Å². The Kier molecular flexibility index (Phi) is 6.76. The van der Waals surface area contributed by atoms with Gasteiger partial charge in [-0.2, -0.15) is 0 Å². The fourth-order valence-corrected chi connectivity index (χ4v) is 4.56. The second-order valence-corrected chi connectivity index (χ2v) is 8.80. The van der Waals surface area contributed by atoms with Gasteiger partial charge in [0.05, 0.1) is 26.0 Å². The number of methoxy groups -OCH3 is 1. The largest absolute Gasteiger partial charge is 0.497 e. The highest BCUT2D eigenvalue weighted by atomic mass is 16.5. The van der Waals surface area contributed by atoms with Gasteiger partial charge < -0.3 is 19.3 Å².